The number of rotatable bonds is 5. The topological polar surface area (TPSA) is 83.7 Å². The largest absolute Gasteiger partial charge is 0.469 e. The molecule has 2 heterocycles. The number of hydrazone groups is 1. The van der Waals surface area contributed by atoms with Crippen molar-refractivity contribution >= 4 is 34.6 Å². The zero-order valence-corrected chi connectivity index (χ0v) is 16.0. The van der Waals surface area contributed by atoms with Gasteiger partial charge in [0, 0.05) is 10.6 Å². The summed E-state index contributed by atoms with van der Waals surface area (Å²) in [5.41, 5.74) is 5.11. The molecule has 2 N–H and O–H groups in total. The second-order valence-corrected chi connectivity index (χ2v) is 7.26. The van der Waals surface area contributed by atoms with Gasteiger partial charge in [0.25, 0.3) is 11.8 Å². The summed E-state index contributed by atoms with van der Waals surface area (Å²) in [6, 6.07) is 12.6. The number of anilines is 1. The Bertz CT molecular complexity index is 1020. The second-order valence-electron chi connectivity index (χ2n) is 5.97. The molecule has 3 rings (SSSR count). The monoisotopic (exact) mass is 381 g/mol. The van der Waals surface area contributed by atoms with Gasteiger partial charge < -0.3 is 9.73 Å². The summed E-state index contributed by atoms with van der Waals surface area (Å²) in [7, 11) is 0. The predicted octanol–water partition coefficient (Wildman–Crippen LogP) is 4.36. The molecule has 3 aromatic rings. The first-order valence-corrected chi connectivity index (χ1v) is 9.12. The van der Waals surface area contributed by atoms with Crippen molar-refractivity contribution in [1.82, 2.24) is 5.43 Å². The highest BCUT2D eigenvalue weighted by Crippen LogP contribution is 2.16. The van der Waals surface area contributed by atoms with Gasteiger partial charge in [0.2, 0.25) is 0 Å². The first-order chi connectivity index (χ1) is 12.9. The fourth-order valence-electron chi connectivity index (χ4n) is 2.45. The van der Waals surface area contributed by atoms with E-state index in [1.807, 2.05) is 25.1 Å². The van der Waals surface area contributed by atoms with Gasteiger partial charge in [-0.25, -0.2) is 5.43 Å². The van der Waals surface area contributed by atoms with Gasteiger partial charge in [-0.3, -0.25) is 9.59 Å². The maximum Gasteiger partial charge on any atom is 0.281 e. The van der Waals surface area contributed by atoms with Crippen molar-refractivity contribution in [2.24, 2.45) is 5.10 Å². The van der Waals surface area contributed by atoms with Crippen LogP contribution in [-0.4, -0.2) is 17.5 Å². The zero-order valence-electron chi connectivity index (χ0n) is 15.2. The zero-order chi connectivity index (χ0) is 19.4. The van der Waals surface area contributed by atoms with Crippen molar-refractivity contribution in [2.45, 2.75) is 20.8 Å². The Labute approximate surface area is 160 Å². The van der Waals surface area contributed by atoms with Crippen molar-refractivity contribution in [3.8, 4) is 0 Å². The van der Waals surface area contributed by atoms with E-state index in [9.17, 15) is 9.59 Å². The summed E-state index contributed by atoms with van der Waals surface area (Å²) in [5.74, 6) is 0.0784. The number of hydrogen-bond acceptors (Lipinski definition) is 5. The molecule has 1 aromatic carbocycles. The Morgan fingerprint density at radius 2 is 1.89 bits per heavy atom. The molecule has 0 aliphatic rings. The molecule has 0 bridgehead atoms. The summed E-state index contributed by atoms with van der Waals surface area (Å²) in [5, 5.41) is 6.99. The van der Waals surface area contributed by atoms with E-state index < -0.39 is 0 Å². The maximum absolute atomic E-state index is 12.3. The quantitative estimate of drug-likeness (QED) is 0.509. The van der Waals surface area contributed by atoms with Crippen LogP contribution in [0.2, 0.25) is 0 Å². The van der Waals surface area contributed by atoms with Crippen LogP contribution in [0.4, 0.5) is 5.69 Å². The van der Waals surface area contributed by atoms with Crippen molar-refractivity contribution < 1.29 is 14.0 Å². The first kappa shape index (κ1) is 18.6. The summed E-state index contributed by atoms with van der Waals surface area (Å²) in [6.45, 7) is 5.47. The Hall–Kier alpha value is -3.19. The van der Waals surface area contributed by atoms with Crippen molar-refractivity contribution in [3.63, 3.8) is 0 Å². The molecule has 0 saturated carbocycles. The highest BCUT2D eigenvalue weighted by Gasteiger charge is 2.12. The van der Waals surface area contributed by atoms with Crippen LogP contribution < -0.4 is 10.7 Å². The van der Waals surface area contributed by atoms with Gasteiger partial charge in [0.05, 0.1) is 22.4 Å². The van der Waals surface area contributed by atoms with Crippen LogP contribution in [0.15, 0.2) is 58.2 Å². The van der Waals surface area contributed by atoms with E-state index in [2.05, 4.69) is 15.8 Å². The van der Waals surface area contributed by atoms with Crippen LogP contribution >= 0.6 is 11.3 Å². The van der Waals surface area contributed by atoms with Crippen LogP contribution in [0, 0.1) is 13.8 Å². The molecule has 27 heavy (non-hydrogen) atoms. The third-order valence-corrected chi connectivity index (χ3v) is 4.93. The first-order valence-electron chi connectivity index (χ1n) is 8.31. The predicted molar refractivity (Wildman–Crippen MR) is 107 cm³/mol. The Balaban J connectivity index is 1.69. The number of amides is 2. The Kier molecular flexibility index (Phi) is 5.52. The van der Waals surface area contributed by atoms with Gasteiger partial charge in [-0.1, -0.05) is 12.1 Å². The van der Waals surface area contributed by atoms with E-state index in [-0.39, 0.29) is 11.8 Å². The second kappa shape index (κ2) is 8.01. The molecule has 0 fully saturated rings. The van der Waals surface area contributed by atoms with E-state index in [0.717, 1.165) is 10.4 Å². The number of nitrogens with zero attached hydrogens (tertiary/aromatic N) is 1. The minimum atomic E-state index is -0.243. The van der Waals surface area contributed by atoms with Crippen molar-refractivity contribution in [3.05, 3.63) is 75.4 Å². The highest BCUT2D eigenvalue weighted by atomic mass is 32.1. The van der Waals surface area contributed by atoms with Gasteiger partial charge in [0.15, 0.2) is 0 Å². The third kappa shape index (κ3) is 4.51. The lowest BCUT2D eigenvalue weighted by Gasteiger charge is -2.07. The lowest BCUT2D eigenvalue weighted by molar-refractivity contribution is 0.0958. The molecule has 0 aliphatic carbocycles. The number of carbonyl (C=O) groups excluding carboxylic acids is 2. The number of carbonyl (C=O) groups is 2. The molecular formula is C20H19N3O3S. The maximum atomic E-state index is 12.3. The molecule has 0 spiro atoms. The van der Waals surface area contributed by atoms with Crippen LogP contribution in [-0.2, 0) is 0 Å². The van der Waals surface area contributed by atoms with Gasteiger partial charge >= 0.3 is 0 Å². The average Bonchev–Trinajstić information content (AvgIpc) is 3.28. The minimum Gasteiger partial charge on any atom is -0.469 e. The Morgan fingerprint density at radius 1 is 1.07 bits per heavy atom. The van der Waals surface area contributed by atoms with Crippen molar-refractivity contribution in [1.29, 1.82) is 0 Å². The number of benzene rings is 1. The molecule has 138 valence electrons. The SMILES string of the molecule is CC(=NNC(=O)c1ccc(C)s1)c1cccc(NC(=O)c2ccoc2C)c1. The van der Waals surface area contributed by atoms with E-state index >= 15 is 0 Å². The van der Waals surface area contributed by atoms with Crippen LogP contribution in [0.5, 0.6) is 0 Å². The minimum absolute atomic E-state index is 0.241. The summed E-state index contributed by atoms with van der Waals surface area (Å²) in [6.07, 6.45) is 1.48. The molecule has 0 radical (unpaired) electrons. The number of furan rings is 1. The molecule has 0 aliphatic heterocycles. The van der Waals surface area contributed by atoms with Gasteiger partial charge in [-0.05, 0) is 56.7 Å². The number of nitrogens with one attached hydrogen (secondary N) is 2. The van der Waals surface area contributed by atoms with E-state index in [1.54, 1.807) is 38.1 Å². The van der Waals surface area contributed by atoms with Gasteiger partial charge in [0.1, 0.15) is 5.76 Å². The number of aryl methyl sites for hydroxylation is 2. The highest BCUT2D eigenvalue weighted by molar-refractivity contribution is 7.13. The summed E-state index contributed by atoms with van der Waals surface area (Å²) >= 11 is 1.42. The molecular weight excluding hydrogens is 362 g/mol. The normalized spacial score (nSPS) is 11.3. The Morgan fingerprint density at radius 3 is 2.56 bits per heavy atom. The van der Waals surface area contributed by atoms with Crippen molar-refractivity contribution in [2.75, 3.05) is 5.32 Å². The van der Waals surface area contributed by atoms with Crippen LogP contribution in [0.1, 0.15) is 43.2 Å². The fraction of sp³-hybridized carbons (Fsp3) is 0.150. The number of hydrogen-bond donors (Lipinski definition) is 2. The van der Waals surface area contributed by atoms with E-state index in [4.69, 9.17) is 4.42 Å². The molecule has 6 nitrogen and oxygen atoms in total. The molecule has 7 heteroatoms. The summed E-state index contributed by atoms with van der Waals surface area (Å²) < 4.78 is 5.16. The smallest absolute Gasteiger partial charge is 0.281 e. The van der Waals surface area contributed by atoms with Crippen LogP contribution in [0.25, 0.3) is 0 Å². The molecule has 2 aromatic heterocycles. The van der Waals surface area contributed by atoms with E-state index in [0.29, 0.717) is 27.6 Å². The summed E-state index contributed by atoms with van der Waals surface area (Å²) in [4.78, 5) is 26.1. The average molecular weight is 381 g/mol. The molecule has 0 unspecified atom stereocenters. The lowest BCUT2D eigenvalue weighted by atomic mass is 10.1. The van der Waals surface area contributed by atoms with E-state index in [1.165, 1.54) is 17.6 Å². The van der Waals surface area contributed by atoms with Crippen LogP contribution in [0.3, 0.4) is 0 Å². The number of thiophene rings is 1. The van der Waals surface area contributed by atoms with Gasteiger partial charge in [-0.15, -0.1) is 11.3 Å². The van der Waals surface area contributed by atoms with Gasteiger partial charge in [-0.2, -0.15) is 5.10 Å². The molecule has 0 atom stereocenters. The molecule has 2 amide bonds. The fourth-order valence-corrected chi connectivity index (χ4v) is 3.21. The third-order valence-electron chi connectivity index (χ3n) is 3.93. The molecule has 0 saturated heterocycles. The standard InChI is InChI=1S/C20H19N3O3S/c1-12-7-8-18(27-12)20(25)23-22-13(2)15-5-4-6-16(11-15)21-19(24)17-9-10-26-14(17)3/h4-11H,1-3H3,(H,21,24)(H,23,25). The lowest BCUT2D eigenvalue weighted by Crippen LogP contribution is -2.18.